The molecular weight excluding hydrogens is 434 g/mol. The molecule has 3 aromatic carbocycles. The highest BCUT2D eigenvalue weighted by atomic mass is 19.2. The van der Waals surface area contributed by atoms with Crippen LogP contribution in [0, 0.1) is 11.6 Å². The number of halogens is 2. The average Bonchev–Trinajstić information content (AvgIpc) is 3.17. The van der Waals surface area contributed by atoms with Crippen molar-refractivity contribution < 1.29 is 18.3 Å². The second-order valence-corrected chi connectivity index (χ2v) is 9.35. The van der Waals surface area contributed by atoms with Gasteiger partial charge in [0.1, 0.15) is 5.75 Å². The summed E-state index contributed by atoms with van der Waals surface area (Å²) in [4.78, 5) is 14.7. The molecule has 2 atom stereocenters. The predicted octanol–water partition coefficient (Wildman–Crippen LogP) is 5.28. The second kappa shape index (κ2) is 9.18. The average molecular weight is 463 g/mol. The highest BCUT2D eigenvalue weighted by Gasteiger charge is 2.49. The van der Waals surface area contributed by atoms with Crippen LogP contribution in [-0.4, -0.2) is 36.5 Å². The summed E-state index contributed by atoms with van der Waals surface area (Å²) in [5.41, 5.74) is 3.50. The number of hydrogen-bond donors (Lipinski definition) is 1. The Morgan fingerprint density at radius 3 is 2.59 bits per heavy atom. The van der Waals surface area contributed by atoms with E-state index in [0.717, 1.165) is 35.3 Å². The summed E-state index contributed by atoms with van der Waals surface area (Å²) in [6, 6.07) is 20.5. The zero-order valence-corrected chi connectivity index (χ0v) is 19.2. The fourth-order valence-electron chi connectivity index (χ4n) is 5.58. The molecule has 0 radical (unpaired) electrons. The number of benzene rings is 3. The zero-order valence-electron chi connectivity index (χ0n) is 19.2. The normalized spacial score (nSPS) is 22.7. The topological polar surface area (TPSA) is 41.6 Å². The molecule has 0 saturated carbocycles. The SMILES string of the molecule is COc1ccc(-c2ccccc2)cc1CN1C[C@@H](c2ccc(F)c(F)c2)[C@@]2(CCCC(=O)N2)C1. The molecule has 176 valence electrons. The fraction of sp³-hybridized carbons (Fsp3) is 0.321. The summed E-state index contributed by atoms with van der Waals surface area (Å²) in [7, 11) is 1.66. The van der Waals surface area contributed by atoms with Crippen molar-refractivity contribution in [3.63, 3.8) is 0 Å². The Morgan fingerprint density at radius 1 is 1.03 bits per heavy atom. The highest BCUT2D eigenvalue weighted by molar-refractivity contribution is 5.78. The van der Waals surface area contributed by atoms with Crippen LogP contribution in [0.4, 0.5) is 8.78 Å². The molecule has 2 fully saturated rings. The third-order valence-electron chi connectivity index (χ3n) is 7.16. The summed E-state index contributed by atoms with van der Waals surface area (Å²) in [6.45, 7) is 1.90. The van der Waals surface area contributed by atoms with E-state index in [1.54, 1.807) is 13.2 Å². The van der Waals surface area contributed by atoms with Gasteiger partial charge in [-0.05, 0) is 53.8 Å². The van der Waals surface area contributed by atoms with E-state index in [0.29, 0.717) is 31.6 Å². The number of nitrogens with zero attached hydrogens (tertiary/aromatic N) is 1. The smallest absolute Gasteiger partial charge is 0.220 e. The van der Waals surface area contributed by atoms with Gasteiger partial charge in [0.2, 0.25) is 5.91 Å². The highest BCUT2D eigenvalue weighted by Crippen LogP contribution is 2.42. The minimum absolute atomic E-state index is 0.0179. The van der Waals surface area contributed by atoms with E-state index in [-0.39, 0.29) is 11.8 Å². The lowest BCUT2D eigenvalue weighted by molar-refractivity contribution is -0.125. The maximum Gasteiger partial charge on any atom is 0.220 e. The van der Waals surface area contributed by atoms with Crippen molar-refractivity contribution in [2.75, 3.05) is 20.2 Å². The number of likely N-dealkylation sites (tertiary alicyclic amines) is 1. The van der Waals surface area contributed by atoms with Crippen LogP contribution in [0.25, 0.3) is 11.1 Å². The Labute approximate surface area is 198 Å². The van der Waals surface area contributed by atoms with Gasteiger partial charge in [-0.1, -0.05) is 42.5 Å². The van der Waals surface area contributed by atoms with Crippen LogP contribution in [0.5, 0.6) is 5.75 Å². The number of carbonyl (C=O) groups excluding carboxylic acids is 1. The lowest BCUT2D eigenvalue weighted by Crippen LogP contribution is -2.56. The molecule has 34 heavy (non-hydrogen) atoms. The van der Waals surface area contributed by atoms with E-state index in [1.165, 1.54) is 12.1 Å². The van der Waals surface area contributed by atoms with Gasteiger partial charge in [0.25, 0.3) is 0 Å². The molecule has 2 aliphatic rings. The molecule has 0 aliphatic carbocycles. The third kappa shape index (κ3) is 4.30. The first-order valence-electron chi connectivity index (χ1n) is 11.7. The molecule has 5 rings (SSSR count). The van der Waals surface area contributed by atoms with Crippen molar-refractivity contribution in [2.45, 2.75) is 37.3 Å². The van der Waals surface area contributed by atoms with E-state index in [2.05, 4.69) is 34.5 Å². The van der Waals surface area contributed by atoms with Crippen molar-refractivity contribution in [1.82, 2.24) is 10.2 Å². The van der Waals surface area contributed by atoms with Gasteiger partial charge in [0.05, 0.1) is 12.6 Å². The van der Waals surface area contributed by atoms with Gasteiger partial charge in [0, 0.05) is 37.5 Å². The molecule has 0 bridgehead atoms. The molecule has 1 spiro atoms. The minimum Gasteiger partial charge on any atom is -0.496 e. The van der Waals surface area contributed by atoms with Crippen LogP contribution in [0.3, 0.4) is 0 Å². The third-order valence-corrected chi connectivity index (χ3v) is 7.16. The van der Waals surface area contributed by atoms with Crippen LogP contribution in [0.15, 0.2) is 66.7 Å². The van der Waals surface area contributed by atoms with Crippen molar-refractivity contribution >= 4 is 5.91 Å². The summed E-state index contributed by atoms with van der Waals surface area (Å²) < 4.78 is 33.4. The molecule has 1 amide bonds. The number of amides is 1. The fourth-order valence-corrected chi connectivity index (χ4v) is 5.58. The Kier molecular flexibility index (Phi) is 6.09. The standard InChI is InChI=1S/C28H28F2N2O2/c1-34-26-12-10-20(19-6-3-2-4-7-19)14-22(26)16-32-17-23(21-9-11-24(29)25(30)15-21)28(18-32)13-5-8-27(33)31-28/h2-4,6-7,9-12,14-15,23H,5,8,13,16-18H2,1H3,(H,31,33)/t23-,28+/m0/s1. The van der Waals surface area contributed by atoms with Gasteiger partial charge < -0.3 is 10.1 Å². The number of nitrogens with one attached hydrogen (secondary N) is 1. The molecule has 2 saturated heterocycles. The van der Waals surface area contributed by atoms with E-state index < -0.39 is 17.2 Å². The number of carbonyl (C=O) groups is 1. The Hall–Kier alpha value is -3.25. The molecule has 6 heteroatoms. The van der Waals surface area contributed by atoms with Gasteiger partial charge >= 0.3 is 0 Å². The lowest BCUT2D eigenvalue weighted by Gasteiger charge is -2.39. The van der Waals surface area contributed by atoms with Crippen LogP contribution >= 0.6 is 0 Å². The largest absolute Gasteiger partial charge is 0.496 e. The maximum absolute atomic E-state index is 14.1. The van der Waals surface area contributed by atoms with Gasteiger partial charge in [-0.25, -0.2) is 8.78 Å². The molecule has 2 heterocycles. The number of piperidine rings is 1. The van der Waals surface area contributed by atoms with E-state index in [4.69, 9.17) is 4.74 Å². The maximum atomic E-state index is 14.1. The van der Waals surface area contributed by atoms with Crippen LogP contribution in [0.1, 0.15) is 36.3 Å². The van der Waals surface area contributed by atoms with Gasteiger partial charge in [-0.3, -0.25) is 9.69 Å². The molecule has 0 unspecified atom stereocenters. The van der Waals surface area contributed by atoms with Crippen molar-refractivity contribution in [3.05, 3.63) is 89.5 Å². The van der Waals surface area contributed by atoms with E-state index in [9.17, 15) is 13.6 Å². The zero-order chi connectivity index (χ0) is 23.7. The first-order chi connectivity index (χ1) is 16.5. The number of ether oxygens (including phenoxy) is 1. The van der Waals surface area contributed by atoms with Gasteiger partial charge in [0.15, 0.2) is 11.6 Å². The summed E-state index contributed by atoms with van der Waals surface area (Å²) in [6.07, 6.45) is 2.09. The van der Waals surface area contributed by atoms with E-state index >= 15 is 0 Å². The lowest BCUT2D eigenvalue weighted by atomic mass is 9.76. The quantitative estimate of drug-likeness (QED) is 0.561. The van der Waals surface area contributed by atoms with Crippen molar-refractivity contribution in [1.29, 1.82) is 0 Å². The number of rotatable bonds is 5. The molecule has 4 nitrogen and oxygen atoms in total. The molecule has 0 aromatic heterocycles. The molecular formula is C28H28F2N2O2. The van der Waals surface area contributed by atoms with Crippen LogP contribution < -0.4 is 10.1 Å². The Bertz CT molecular complexity index is 1200. The first kappa shape index (κ1) is 22.5. The van der Waals surface area contributed by atoms with Crippen molar-refractivity contribution in [3.8, 4) is 16.9 Å². The number of hydrogen-bond acceptors (Lipinski definition) is 3. The van der Waals surface area contributed by atoms with Crippen molar-refractivity contribution in [2.24, 2.45) is 0 Å². The minimum atomic E-state index is -0.859. The van der Waals surface area contributed by atoms with E-state index in [1.807, 2.05) is 24.3 Å². The first-order valence-corrected chi connectivity index (χ1v) is 11.7. The Morgan fingerprint density at radius 2 is 1.85 bits per heavy atom. The van der Waals surface area contributed by atoms with Gasteiger partial charge in [-0.15, -0.1) is 0 Å². The summed E-state index contributed by atoms with van der Waals surface area (Å²) in [5, 5.41) is 3.23. The summed E-state index contributed by atoms with van der Waals surface area (Å²) >= 11 is 0. The Balaban J connectivity index is 1.47. The molecule has 3 aromatic rings. The monoisotopic (exact) mass is 462 g/mol. The second-order valence-electron chi connectivity index (χ2n) is 9.35. The van der Waals surface area contributed by atoms with Gasteiger partial charge in [-0.2, -0.15) is 0 Å². The number of methoxy groups -OCH3 is 1. The summed E-state index contributed by atoms with van der Waals surface area (Å²) in [5.74, 6) is -1.02. The predicted molar refractivity (Wildman–Crippen MR) is 128 cm³/mol. The molecule has 1 N–H and O–H groups in total. The van der Waals surface area contributed by atoms with Crippen LogP contribution in [0.2, 0.25) is 0 Å². The van der Waals surface area contributed by atoms with Crippen LogP contribution in [-0.2, 0) is 11.3 Å². The molecule has 2 aliphatic heterocycles.